The lowest BCUT2D eigenvalue weighted by Crippen LogP contribution is -2.29. The van der Waals surface area contributed by atoms with Gasteiger partial charge in [-0.1, -0.05) is 24.6 Å². The van der Waals surface area contributed by atoms with Gasteiger partial charge < -0.3 is 0 Å². The number of rotatable bonds is 6. The minimum Gasteiger partial charge on any atom is -0.211 e. The van der Waals surface area contributed by atoms with Crippen LogP contribution in [-0.2, 0) is 10.0 Å². The molecule has 0 aliphatic carbocycles. The first-order valence-electron chi connectivity index (χ1n) is 5.99. The quantitative estimate of drug-likeness (QED) is 0.819. The van der Waals surface area contributed by atoms with Crippen molar-refractivity contribution in [3.63, 3.8) is 0 Å². The number of hydrogen-bond donors (Lipinski definition) is 1. The fraction of sp³-hybridized carbons (Fsp3) is 0.538. The van der Waals surface area contributed by atoms with Crippen LogP contribution in [0, 0.1) is 19.8 Å². The van der Waals surface area contributed by atoms with Crippen molar-refractivity contribution in [2.75, 3.05) is 12.4 Å². The first-order chi connectivity index (χ1) is 8.36. The zero-order chi connectivity index (χ0) is 13.8. The van der Waals surface area contributed by atoms with Crippen molar-refractivity contribution in [3.05, 3.63) is 29.3 Å². The van der Waals surface area contributed by atoms with Gasteiger partial charge in [0.05, 0.1) is 4.90 Å². The van der Waals surface area contributed by atoms with E-state index in [1.54, 1.807) is 6.07 Å². The van der Waals surface area contributed by atoms with Crippen molar-refractivity contribution in [1.29, 1.82) is 0 Å². The number of nitrogens with one attached hydrogen (secondary N) is 1. The highest BCUT2D eigenvalue weighted by molar-refractivity contribution is 7.89. The van der Waals surface area contributed by atoms with Crippen LogP contribution >= 0.6 is 11.6 Å². The molecule has 0 heterocycles. The number of aryl methyl sites for hydroxylation is 2. The largest absolute Gasteiger partial charge is 0.240 e. The van der Waals surface area contributed by atoms with Crippen molar-refractivity contribution in [2.24, 2.45) is 5.92 Å². The summed E-state index contributed by atoms with van der Waals surface area (Å²) < 4.78 is 26.9. The lowest BCUT2D eigenvalue weighted by atomic mass is 10.1. The molecule has 0 aliphatic rings. The molecule has 0 bridgehead atoms. The number of sulfonamides is 1. The number of hydrogen-bond acceptors (Lipinski definition) is 2. The van der Waals surface area contributed by atoms with E-state index in [-0.39, 0.29) is 5.92 Å². The Morgan fingerprint density at radius 1 is 1.33 bits per heavy atom. The van der Waals surface area contributed by atoms with Gasteiger partial charge in [0.25, 0.3) is 0 Å². The molecule has 0 aliphatic heterocycles. The third-order valence-corrected chi connectivity index (χ3v) is 4.65. The van der Waals surface area contributed by atoms with Crippen LogP contribution in [0.3, 0.4) is 0 Å². The molecule has 5 heteroatoms. The minimum absolute atomic E-state index is 0.239. The topological polar surface area (TPSA) is 46.2 Å². The highest BCUT2D eigenvalue weighted by Crippen LogP contribution is 2.16. The van der Waals surface area contributed by atoms with Crippen LogP contribution in [-0.4, -0.2) is 20.8 Å². The summed E-state index contributed by atoms with van der Waals surface area (Å²) in [5.74, 6) is 0.787. The zero-order valence-corrected chi connectivity index (χ0v) is 12.6. The standard InChI is InChI=1S/C13H20ClNO2S/c1-10-4-5-13(12(3)8-10)18(16,17)15-9-11(2)6-7-14/h4-5,8,11,15H,6-7,9H2,1-3H3. The summed E-state index contributed by atoms with van der Waals surface area (Å²) in [6.45, 7) is 6.15. The van der Waals surface area contributed by atoms with E-state index >= 15 is 0 Å². The molecule has 0 amide bonds. The van der Waals surface area contributed by atoms with Gasteiger partial charge in [0.15, 0.2) is 0 Å². The molecule has 0 radical (unpaired) electrons. The molecule has 1 rings (SSSR count). The van der Waals surface area contributed by atoms with E-state index in [2.05, 4.69) is 4.72 Å². The molecule has 102 valence electrons. The average molecular weight is 290 g/mol. The van der Waals surface area contributed by atoms with E-state index < -0.39 is 10.0 Å². The van der Waals surface area contributed by atoms with Crippen LogP contribution in [0.2, 0.25) is 0 Å². The summed E-state index contributed by atoms with van der Waals surface area (Å²) in [5, 5.41) is 0. The maximum atomic E-state index is 12.1. The van der Waals surface area contributed by atoms with E-state index in [1.165, 1.54) is 0 Å². The van der Waals surface area contributed by atoms with Crippen LogP contribution in [0.4, 0.5) is 0 Å². The molecule has 0 spiro atoms. The van der Waals surface area contributed by atoms with Crippen LogP contribution in [0.1, 0.15) is 24.5 Å². The van der Waals surface area contributed by atoms with Gasteiger partial charge in [-0.2, -0.15) is 0 Å². The highest BCUT2D eigenvalue weighted by Gasteiger charge is 2.17. The Balaban J connectivity index is 2.80. The Hall–Kier alpha value is -0.580. The molecular weight excluding hydrogens is 270 g/mol. The van der Waals surface area contributed by atoms with Crippen molar-refractivity contribution >= 4 is 21.6 Å². The second kappa shape index (κ2) is 6.55. The van der Waals surface area contributed by atoms with Crippen LogP contribution in [0.25, 0.3) is 0 Å². The summed E-state index contributed by atoms with van der Waals surface area (Å²) in [6.07, 6.45) is 0.803. The van der Waals surface area contributed by atoms with Crippen molar-refractivity contribution in [3.8, 4) is 0 Å². The highest BCUT2D eigenvalue weighted by atomic mass is 35.5. The minimum atomic E-state index is -3.41. The van der Waals surface area contributed by atoms with E-state index in [9.17, 15) is 8.42 Å². The van der Waals surface area contributed by atoms with Crippen molar-refractivity contribution in [1.82, 2.24) is 4.72 Å². The SMILES string of the molecule is Cc1ccc(S(=O)(=O)NCC(C)CCCl)c(C)c1. The molecule has 1 aromatic carbocycles. The number of halogens is 1. The Morgan fingerprint density at radius 3 is 2.56 bits per heavy atom. The zero-order valence-electron chi connectivity index (χ0n) is 11.0. The first-order valence-corrected chi connectivity index (χ1v) is 8.01. The van der Waals surface area contributed by atoms with Crippen LogP contribution in [0.15, 0.2) is 23.1 Å². The molecule has 1 aromatic rings. The van der Waals surface area contributed by atoms with E-state index in [4.69, 9.17) is 11.6 Å². The second-order valence-electron chi connectivity index (χ2n) is 4.70. The van der Waals surface area contributed by atoms with Gasteiger partial charge in [0, 0.05) is 12.4 Å². The first kappa shape index (κ1) is 15.5. The van der Waals surface area contributed by atoms with Gasteiger partial charge in [-0.25, -0.2) is 13.1 Å². The van der Waals surface area contributed by atoms with E-state index in [0.717, 1.165) is 17.5 Å². The predicted molar refractivity (Wildman–Crippen MR) is 75.6 cm³/mol. The molecular formula is C13H20ClNO2S. The molecule has 0 aromatic heterocycles. The maximum Gasteiger partial charge on any atom is 0.240 e. The van der Waals surface area contributed by atoms with Gasteiger partial charge in [-0.05, 0) is 37.8 Å². The Morgan fingerprint density at radius 2 is 2.00 bits per heavy atom. The monoisotopic (exact) mass is 289 g/mol. The molecule has 1 unspecified atom stereocenters. The van der Waals surface area contributed by atoms with Gasteiger partial charge >= 0.3 is 0 Å². The van der Waals surface area contributed by atoms with Gasteiger partial charge in [-0.3, -0.25) is 0 Å². The molecule has 18 heavy (non-hydrogen) atoms. The molecule has 3 nitrogen and oxygen atoms in total. The Bertz CT molecular complexity index is 500. The maximum absolute atomic E-state index is 12.1. The summed E-state index contributed by atoms with van der Waals surface area (Å²) in [7, 11) is -3.41. The lowest BCUT2D eigenvalue weighted by molar-refractivity contribution is 0.530. The normalized spacial score (nSPS) is 13.6. The van der Waals surface area contributed by atoms with Gasteiger partial charge in [0.1, 0.15) is 0 Å². The molecule has 0 fully saturated rings. The molecule has 1 atom stereocenters. The van der Waals surface area contributed by atoms with E-state index in [1.807, 2.05) is 32.9 Å². The third-order valence-electron chi connectivity index (χ3n) is 2.84. The van der Waals surface area contributed by atoms with E-state index in [0.29, 0.717) is 17.3 Å². The fourth-order valence-electron chi connectivity index (χ4n) is 1.72. The van der Waals surface area contributed by atoms with Crippen molar-refractivity contribution in [2.45, 2.75) is 32.1 Å². The Kier molecular flexibility index (Phi) is 5.63. The fourth-order valence-corrected chi connectivity index (χ4v) is 3.48. The summed E-state index contributed by atoms with van der Waals surface area (Å²) in [4.78, 5) is 0.353. The molecule has 0 saturated heterocycles. The summed E-state index contributed by atoms with van der Waals surface area (Å²) >= 11 is 5.63. The number of benzene rings is 1. The van der Waals surface area contributed by atoms with Crippen LogP contribution in [0.5, 0.6) is 0 Å². The third kappa shape index (κ3) is 4.26. The molecule has 0 saturated carbocycles. The second-order valence-corrected chi connectivity index (χ2v) is 6.82. The molecule has 1 N–H and O–H groups in total. The smallest absolute Gasteiger partial charge is 0.211 e. The average Bonchev–Trinajstić information content (AvgIpc) is 2.26. The Labute approximate surface area is 115 Å². The predicted octanol–water partition coefficient (Wildman–Crippen LogP) is 2.85. The van der Waals surface area contributed by atoms with Crippen molar-refractivity contribution < 1.29 is 8.42 Å². The van der Waals surface area contributed by atoms with Gasteiger partial charge in [0.2, 0.25) is 10.0 Å². The summed E-state index contributed by atoms with van der Waals surface area (Å²) in [6, 6.07) is 5.33. The summed E-state index contributed by atoms with van der Waals surface area (Å²) in [5.41, 5.74) is 1.83. The van der Waals surface area contributed by atoms with Crippen LogP contribution < -0.4 is 4.72 Å². The lowest BCUT2D eigenvalue weighted by Gasteiger charge is -2.13. The number of alkyl halides is 1. The van der Waals surface area contributed by atoms with Gasteiger partial charge in [-0.15, -0.1) is 11.6 Å².